The van der Waals surface area contributed by atoms with E-state index in [1.165, 1.54) is 31.6 Å². The highest BCUT2D eigenvalue weighted by atomic mass is 16.5. The molecule has 1 aromatic heterocycles. The topological polar surface area (TPSA) is 123 Å². The fraction of sp³-hybridized carbons (Fsp3) is 0.115. The predicted molar refractivity (Wildman–Crippen MR) is 121 cm³/mol. The van der Waals surface area contributed by atoms with Crippen molar-refractivity contribution in [1.29, 1.82) is 0 Å². The fourth-order valence-electron chi connectivity index (χ4n) is 4.23. The van der Waals surface area contributed by atoms with Crippen LogP contribution < -0.4 is 10.2 Å². The van der Waals surface area contributed by atoms with Crippen LogP contribution in [-0.4, -0.2) is 29.3 Å². The minimum Gasteiger partial charge on any atom is -0.508 e. The zero-order valence-corrected chi connectivity index (χ0v) is 17.9. The van der Waals surface area contributed by atoms with E-state index >= 15 is 0 Å². The molecule has 2 N–H and O–H groups in total. The SMILES string of the molecule is COC(=O)c1ccc([C@@H]2CC(=O)Oc3cc(O)c4c(=O)c(-c5ccc(O)cc5)coc4c32)cc1. The summed E-state index contributed by atoms with van der Waals surface area (Å²) in [7, 11) is 1.29. The summed E-state index contributed by atoms with van der Waals surface area (Å²) in [5, 5.41) is 20.1. The van der Waals surface area contributed by atoms with Crippen molar-refractivity contribution < 1.29 is 33.7 Å². The molecule has 0 spiro atoms. The average molecular weight is 458 g/mol. The Bertz CT molecular complexity index is 1500. The van der Waals surface area contributed by atoms with Crippen molar-refractivity contribution in [2.45, 2.75) is 12.3 Å². The van der Waals surface area contributed by atoms with Crippen molar-refractivity contribution in [2.75, 3.05) is 7.11 Å². The van der Waals surface area contributed by atoms with Crippen LogP contribution in [-0.2, 0) is 9.53 Å². The van der Waals surface area contributed by atoms with Gasteiger partial charge in [-0.25, -0.2) is 4.79 Å². The van der Waals surface area contributed by atoms with Gasteiger partial charge in [0.25, 0.3) is 0 Å². The number of phenolic OH excluding ortho intramolecular Hbond substituents is 2. The standard InChI is InChI=1S/C26H18O8/c1-32-26(31)15-4-2-13(3-5-15)17-10-21(29)34-20-11-19(28)23-24(30)18(12-33-25(23)22(17)20)14-6-8-16(27)9-7-14/h2-9,11-12,17,27-28H,10H2,1H3/t17-/m0/s1. The number of carbonyl (C=O) groups excluding carboxylic acids is 2. The highest BCUT2D eigenvalue weighted by Gasteiger charge is 2.33. The maximum atomic E-state index is 13.3. The molecule has 0 radical (unpaired) electrons. The first-order chi connectivity index (χ1) is 16.4. The molecule has 0 fully saturated rings. The molecule has 0 saturated heterocycles. The van der Waals surface area contributed by atoms with E-state index < -0.39 is 23.3 Å². The van der Waals surface area contributed by atoms with Gasteiger partial charge in [-0.1, -0.05) is 24.3 Å². The average Bonchev–Trinajstić information content (AvgIpc) is 2.83. The van der Waals surface area contributed by atoms with Crippen LogP contribution >= 0.6 is 0 Å². The second-order valence-corrected chi connectivity index (χ2v) is 7.88. The molecule has 0 unspecified atom stereocenters. The summed E-state index contributed by atoms with van der Waals surface area (Å²) in [6, 6.07) is 13.8. The molecule has 0 bridgehead atoms. The summed E-state index contributed by atoms with van der Waals surface area (Å²) in [5.74, 6) is -1.75. The first kappa shape index (κ1) is 21.3. The number of hydrogen-bond acceptors (Lipinski definition) is 8. The molecule has 1 atom stereocenters. The molecule has 1 aliphatic heterocycles. The molecule has 1 aliphatic rings. The molecule has 0 amide bonds. The van der Waals surface area contributed by atoms with Crippen LogP contribution in [0.15, 0.2) is 70.1 Å². The Morgan fingerprint density at radius 3 is 2.41 bits per heavy atom. The summed E-state index contributed by atoms with van der Waals surface area (Å²) >= 11 is 0. The molecule has 2 heterocycles. The summed E-state index contributed by atoms with van der Waals surface area (Å²) < 4.78 is 16.0. The van der Waals surface area contributed by atoms with Crippen LogP contribution in [0.3, 0.4) is 0 Å². The van der Waals surface area contributed by atoms with E-state index in [2.05, 4.69) is 0 Å². The van der Waals surface area contributed by atoms with E-state index in [0.717, 1.165) is 0 Å². The number of fused-ring (bicyclic) bond motifs is 3. The van der Waals surface area contributed by atoms with Gasteiger partial charge in [-0.15, -0.1) is 0 Å². The number of aromatic hydroxyl groups is 2. The Labute approximate surface area is 192 Å². The lowest BCUT2D eigenvalue weighted by molar-refractivity contribution is -0.135. The number of carbonyl (C=O) groups is 2. The molecular formula is C26H18O8. The maximum Gasteiger partial charge on any atom is 0.337 e. The Balaban J connectivity index is 1.70. The number of methoxy groups -OCH3 is 1. The molecule has 8 heteroatoms. The monoisotopic (exact) mass is 458 g/mol. The third-order valence-electron chi connectivity index (χ3n) is 5.88. The van der Waals surface area contributed by atoms with Gasteiger partial charge in [0.2, 0.25) is 5.43 Å². The predicted octanol–water partition coefficient (Wildman–Crippen LogP) is 4.10. The molecule has 0 saturated carbocycles. The smallest absolute Gasteiger partial charge is 0.337 e. The van der Waals surface area contributed by atoms with Crippen molar-refractivity contribution in [3.05, 3.63) is 87.8 Å². The largest absolute Gasteiger partial charge is 0.508 e. The Morgan fingerprint density at radius 1 is 1.03 bits per heavy atom. The highest BCUT2D eigenvalue weighted by Crippen LogP contribution is 2.45. The molecule has 8 nitrogen and oxygen atoms in total. The minimum absolute atomic E-state index is 0.0200. The lowest BCUT2D eigenvalue weighted by Crippen LogP contribution is -2.22. The molecule has 170 valence electrons. The van der Waals surface area contributed by atoms with Crippen molar-refractivity contribution in [3.8, 4) is 28.4 Å². The van der Waals surface area contributed by atoms with Crippen molar-refractivity contribution in [1.82, 2.24) is 0 Å². The van der Waals surface area contributed by atoms with Gasteiger partial charge in [-0.2, -0.15) is 0 Å². The minimum atomic E-state index is -0.534. The van der Waals surface area contributed by atoms with E-state index in [-0.39, 0.29) is 40.2 Å². The molecule has 34 heavy (non-hydrogen) atoms. The summed E-state index contributed by atoms with van der Waals surface area (Å²) in [6.07, 6.45) is 1.26. The number of hydrogen-bond donors (Lipinski definition) is 2. The molecule has 5 rings (SSSR count). The van der Waals surface area contributed by atoms with Crippen LogP contribution in [0.2, 0.25) is 0 Å². The number of phenols is 2. The number of benzene rings is 3. The van der Waals surface area contributed by atoms with Gasteiger partial charge >= 0.3 is 11.9 Å². The van der Waals surface area contributed by atoms with Crippen LogP contribution in [0.4, 0.5) is 0 Å². The number of esters is 2. The second-order valence-electron chi connectivity index (χ2n) is 7.88. The molecule has 4 aromatic rings. The lowest BCUT2D eigenvalue weighted by Gasteiger charge is -2.26. The number of ether oxygens (including phenoxy) is 2. The Morgan fingerprint density at radius 2 is 1.74 bits per heavy atom. The summed E-state index contributed by atoms with van der Waals surface area (Å²) in [5.41, 5.74) is 1.85. The van der Waals surface area contributed by atoms with Crippen LogP contribution in [0.5, 0.6) is 17.2 Å². The van der Waals surface area contributed by atoms with E-state index in [1.807, 2.05) is 0 Å². The van der Waals surface area contributed by atoms with Gasteiger partial charge in [0.15, 0.2) is 0 Å². The van der Waals surface area contributed by atoms with E-state index in [9.17, 15) is 24.6 Å². The van der Waals surface area contributed by atoms with Gasteiger partial charge in [0.1, 0.15) is 34.5 Å². The molecular weight excluding hydrogens is 440 g/mol. The first-order valence-electron chi connectivity index (χ1n) is 10.4. The zero-order chi connectivity index (χ0) is 24.0. The van der Waals surface area contributed by atoms with E-state index in [1.54, 1.807) is 36.4 Å². The molecule has 3 aromatic carbocycles. The van der Waals surface area contributed by atoms with Gasteiger partial charge in [-0.3, -0.25) is 9.59 Å². The lowest BCUT2D eigenvalue weighted by atomic mass is 9.84. The summed E-state index contributed by atoms with van der Waals surface area (Å²) in [4.78, 5) is 37.4. The first-order valence-corrected chi connectivity index (χ1v) is 10.4. The van der Waals surface area contributed by atoms with Gasteiger partial charge < -0.3 is 24.1 Å². The quantitative estimate of drug-likeness (QED) is 0.347. The van der Waals surface area contributed by atoms with Gasteiger partial charge in [0, 0.05) is 17.5 Å². The maximum absolute atomic E-state index is 13.3. The van der Waals surface area contributed by atoms with E-state index in [4.69, 9.17) is 13.9 Å². The van der Waals surface area contributed by atoms with Crippen LogP contribution in [0.25, 0.3) is 22.1 Å². The van der Waals surface area contributed by atoms with Gasteiger partial charge in [-0.05, 0) is 35.4 Å². The van der Waals surface area contributed by atoms with Gasteiger partial charge in [0.05, 0.1) is 24.7 Å². The van der Waals surface area contributed by atoms with E-state index in [0.29, 0.717) is 22.3 Å². The van der Waals surface area contributed by atoms with Crippen molar-refractivity contribution in [2.24, 2.45) is 0 Å². The third-order valence-corrected chi connectivity index (χ3v) is 5.88. The van der Waals surface area contributed by atoms with Crippen molar-refractivity contribution >= 4 is 22.9 Å². The number of rotatable bonds is 3. The Kier molecular flexibility index (Phi) is 5.05. The molecule has 0 aliphatic carbocycles. The fourth-order valence-corrected chi connectivity index (χ4v) is 4.23. The van der Waals surface area contributed by atoms with Crippen LogP contribution in [0.1, 0.15) is 33.8 Å². The third kappa shape index (κ3) is 3.45. The second kappa shape index (κ2) is 8.08. The normalized spacial score (nSPS) is 15.0. The summed E-state index contributed by atoms with van der Waals surface area (Å²) in [6.45, 7) is 0. The highest BCUT2D eigenvalue weighted by molar-refractivity contribution is 5.94. The van der Waals surface area contributed by atoms with Crippen molar-refractivity contribution in [3.63, 3.8) is 0 Å². The van der Waals surface area contributed by atoms with Crippen LogP contribution in [0, 0.1) is 0 Å². The zero-order valence-electron chi connectivity index (χ0n) is 17.9. The Hall–Kier alpha value is -4.59.